The molecule has 23 heavy (non-hydrogen) atoms. The summed E-state index contributed by atoms with van der Waals surface area (Å²) in [6.07, 6.45) is 2.00. The molecule has 0 aromatic heterocycles. The van der Waals surface area contributed by atoms with Crippen LogP contribution in [0.1, 0.15) is 12.5 Å². The molecule has 3 nitrogen and oxygen atoms in total. The lowest BCUT2D eigenvalue weighted by molar-refractivity contribution is -0.120. The Bertz CT molecular complexity index is 678. The molecule has 122 valence electrons. The molecule has 1 amide bonds. The smallest absolute Gasteiger partial charge is 0.241 e. The SMILES string of the molecule is CSc1ccccc1NC(=O)C(C)N(C)Cc1ccccc1Cl. The molecule has 0 saturated carbocycles. The number of halogens is 1. The average Bonchev–Trinajstić information content (AvgIpc) is 2.56. The number of para-hydroxylation sites is 1. The number of anilines is 1. The van der Waals surface area contributed by atoms with Crippen LogP contribution in [0.5, 0.6) is 0 Å². The molecule has 0 heterocycles. The number of nitrogens with one attached hydrogen (secondary N) is 1. The van der Waals surface area contributed by atoms with E-state index < -0.39 is 0 Å². The largest absolute Gasteiger partial charge is 0.324 e. The average molecular weight is 349 g/mol. The van der Waals surface area contributed by atoms with Crippen molar-refractivity contribution in [2.24, 2.45) is 0 Å². The summed E-state index contributed by atoms with van der Waals surface area (Å²) in [5.41, 5.74) is 1.86. The van der Waals surface area contributed by atoms with Gasteiger partial charge < -0.3 is 5.32 Å². The first-order valence-electron chi connectivity index (χ1n) is 7.40. The summed E-state index contributed by atoms with van der Waals surface area (Å²) in [4.78, 5) is 15.5. The Morgan fingerprint density at radius 2 is 1.87 bits per heavy atom. The van der Waals surface area contributed by atoms with E-state index in [0.717, 1.165) is 21.2 Å². The molecule has 0 aliphatic rings. The molecular weight excluding hydrogens is 328 g/mol. The summed E-state index contributed by atoms with van der Waals surface area (Å²) in [7, 11) is 1.92. The van der Waals surface area contributed by atoms with Gasteiger partial charge in [-0.3, -0.25) is 9.69 Å². The van der Waals surface area contributed by atoms with Crippen LogP contribution >= 0.6 is 23.4 Å². The molecule has 5 heteroatoms. The molecule has 1 N–H and O–H groups in total. The van der Waals surface area contributed by atoms with Crippen LogP contribution < -0.4 is 5.32 Å². The summed E-state index contributed by atoms with van der Waals surface area (Å²) in [6, 6.07) is 15.2. The van der Waals surface area contributed by atoms with Gasteiger partial charge in [-0.15, -0.1) is 11.8 Å². The predicted octanol–water partition coefficient (Wildman–Crippen LogP) is 4.52. The Kier molecular flexibility index (Phi) is 6.51. The first-order chi connectivity index (χ1) is 11.0. The summed E-state index contributed by atoms with van der Waals surface area (Å²) < 4.78 is 0. The second-order valence-corrected chi connectivity index (χ2v) is 6.63. The van der Waals surface area contributed by atoms with Crippen LogP contribution in [0.25, 0.3) is 0 Å². The topological polar surface area (TPSA) is 32.3 Å². The molecule has 0 saturated heterocycles. The Morgan fingerprint density at radius 3 is 2.57 bits per heavy atom. The lowest BCUT2D eigenvalue weighted by atomic mass is 10.2. The molecule has 0 spiro atoms. The van der Waals surface area contributed by atoms with Gasteiger partial charge in [-0.25, -0.2) is 0 Å². The second-order valence-electron chi connectivity index (χ2n) is 5.37. The quantitative estimate of drug-likeness (QED) is 0.779. The van der Waals surface area contributed by atoms with Crippen LogP contribution in [0.2, 0.25) is 5.02 Å². The Morgan fingerprint density at radius 1 is 1.22 bits per heavy atom. The lowest BCUT2D eigenvalue weighted by Gasteiger charge is -2.24. The van der Waals surface area contributed by atoms with E-state index in [0.29, 0.717) is 6.54 Å². The van der Waals surface area contributed by atoms with Gasteiger partial charge >= 0.3 is 0 Å². The van der Waals surface area contributed by atoms with Crippen molar-refractivity contribution >= 4 is 35.0 Å². The fourth-order valence-corrected chi connectivity index (χ4v) is 2.97. The van der Waals surface area contributed by atoms with Gasteiger partial charge in [0.2, 0.25) is 5.91 Å². The summed E-state index contributed by atoms with van der Waals surface area (Å²) in [6.45, 7) is 2.52. The maximum atomic E-state index is 12.5. The van der Waals surface area contributed by atoms with E-state index in [9.17, 15) is 4.79 Å². The highest BCUT2D eigenvalue weighted by Crippen LogP contribution is 2.25. The first-order valence-corrected chi connectivity index (χ1v) is 9.00. The lowest BCUT2D eigenvalue weighted by Crippen LogP contribution is -2.39. The molecule has 0 radical (unpaired) electrons. The van der Waals surface area contributed by atoms with E-state index in [1.165, 1.54) is 0 Å². The number of thioether (sulfide) groups is 1. The van der Waals surface area contributed by atoms with Crippen LogP contribution in [0.15, 0.2) is 53.4 Å². The third-order valence-corrected chi connectivity index (χ3v) is 4.95. The molecule has 2 aromatic carbocycles. The van der Waals surface area contributed by atoms with Crippen molar-refractivity contribution in [3.8, 4) is 0 Å². The number of likely N-dealkylation sites (N-methyl/N-ethyl adjacent to an activating group) is 1. The molecule has 0 bridgehead atoms. The number of nitrogens with zero attached hydrogens (tertiary/aromatic N) is 1. The standard InChI is InChI=1S/C18H21ClN2OS/c1-13(21(2)12-14-8-4-5-9-15(14)19)18(22)20-16-10-6-7-11-17(16)23-3/h4-11,13H,12H2,1-3H3,(H,20,22). The van der Waals surface area contributed by atoms with Gasteiger partial charge in [0.1, 0.15) is 0 Å². The fourth-order valence-electron chi connectivity index (χ4n) is 2.22. The van der Waals surface area contributed by atoms with E-state index in [1.807, 2.05) is 73.7 Å². The first kappa shape index (κ1) is 17.9. The Balaban J connectivity index is 2.03. The zero-order chi connectivity index (χ0) is 16.8. The highest BCUT2D eigenvalue weighted by Gasteiger charge is 2.19. The van der Waals surface area contributed by atoms with E-state index in [1.54, 1.807) is 11.8 Å². The van der Waals surface area contributed by atoms with Crippen molar-refractivity contribution < 1.29 is 4.79 Å². The van der Waals surface area contributed by atoms with Gasteiger partial charge in [-0.1, -0.05) is 41.9 Å². The van der Waals surface area contributed by atoms with Gasteiger partial charge in [0.05, 0.1) is 11.7 Å². The molecule has 0 fully saturated rings. The monoisotopic (exact) mass is 348 g/mol. The number of amides is 1. The summed E-state index contributed by atoms with van der Waals surface area (Å²) in [5, 5.41) is 3.73. The molecule has 2 aromatic rings. The van der Waals surface area contributed by atoms with Gasteiger partial charge in [-0.05, 0) is 44.0 Å². The van der Waals surface area contributed by atoms with Crippen molar-refractivity contribution in [3.05, 3.63) is 59.1 Å². The van der Waals surface area contributed by atoms with Gasteiger partial charge in [-0.2, -0.15) is 0 Å². The number of rotatable bonds is 6. The van der Waals surface area contributed by atoms with Crippen molar-refractivity contribution in [1.82, 2.24) is 4.90 Å². The van der Waals surface area contributed by atoms with Crippen LogP contribution in [-0.2, 0) is 11.3 Å². The zero-order valence-electron chi connectivity index (χ0n) is 13.5. The van der Waals surface area contributed by atoms with Crippen molar-refractivity contribution in [2.75, 3.05) is 18.6 Å². The second kappa shape index (κ2) is 8.39. The summed E-state index contributed by atoms with van der Waals surface area (Å²) >= 11 is 7.81. The summed E-state index contributed by atoms with van der Waals surface area (Å²) in [5.74, 6) is -0.0268. The molecule has 0 aliphatic carbocycles. The van der Waals surface area contributed by atoms with Crippen LogP contribution in [-0.4, -0.2) is 30.2 Å². The van der Waals surface area contributed by atoms with E-state index in [-0.39, 0.29) is 11.9 Å². The van der Waals surface area contributed by atoms with E-state index >= 15 is 0 Å². The minimum atomic E-state index is -0.263. The Hall–Kier alpha value is -1.49. The maximum Gasteiger partial charge on any atom is 0.241 e. The third-order valence-electron chi connectivity index (χ3n) is 3.78. The van der Waals surface area contributed by atoms with Gasteiger partial charge in [0.25, 0.3) is 0 Å². The number of benzene rings is 2. The van der Waals surface area contributed by atoms with Gasteiger partial charge in [0.15, 0.2) is 0 Å². The molecule has 1 unspecified atom stereocenters. The molecular formula is C18H21ClN2OS. The number of carbonyl (C=O) groups excluding carboxylic acids is 1. The maximum absolute atomic E-state index is 12.5. The highest BCUT2D eigenvalue weighted by atomic mass is 35.5. The number of hydrogen-bond acceptors (Lipinski definition) is 3. The van der Waals surface area contributed by atoms with Crippen LogP contribution in [0.3, 0.4) is 0 Å². The molecule has 2 rings (SSSR count). The fraction of sp³-hybridized carbons (Fsp3) is 0.278. The normalized spacial score (nSPS) is 12.2. The Labute approximate surface area is 147 Å². The van der Waals surface area contributed by atoms with E-state index in [4.69, 9.17) is 11.6 Å². The molecule has 0 aliphatic heterocycles. The number of carbonyl (C=O) groups is 1. The third kappa shape index (κ3) is 4.74. The zero-order valence-corrected chi connectivity index (χ0v) is 15.1. The van der Waals surface area contributed by atoms with Crippen molar-refractivity contribution in [2.45, 2.75) is 24.4 Å². The van der Waals surface area contributed by atoms with Crippen molar-refractivity contribution in [3.63, 3.8) is 0 Å². The van der Waals surface area contributed by atoms with Crippen LogP contribution in [0.4, 0.5) is 5.69 Å². The highest BCUT2D eigenvalue weighted by molar-refractivity contribution is 7.98. The van der Waals surface area contributed by atoms with Crippen molar-refractivity contribution in [1.29, 1.82) is 0 Å². The predicted molar refractivity (Wildman–Crippen MR) is 99.2 cm³/mol. The minimum Gasteiger partial charge on any atom is -0.324 e. The molecule has 1 atom stereocenters. The number of hydrogen-bond donors (Lipinski definition) is 1. The van der Waals surface area contributed by atoms with Crippen LogP contribution in [0, 0.1) is 0 Å². The van der Waals surface area contributed by atoms with Gasteiger partial charge in [0, 0.05) is 16.5 Å². The minimum absolute atomic E-state index is 0.0268. The van der Waals surface area contributed by atoms with E-state index in [2.05, 4.69) is 5.32 Å².